The normalized spacial score (nSPS) is 12.2. The van der Waals surface area contributed by atoms with Crippen LogP contribution in [0.25, 0.3) is 0 Å². The van der Waals surface area contributed by atoms with Crippen molar-refractivity contribution in [1.82, 2.24) is 0 Å². The standard InChI is InChI=1S/C17H21NO/c1-12-4-5-15(10-13(12)2)11-19-17-8-6-16(7-9-17)14(3)18/h4-10,14H,11,18H2,1-3H3. The molecule has 0 aliphatic rings. The van der Waals surface area contributed by atoms with Crippen LogP contribution in [0.3, 0.4) is 0 Å². The second-order valence-electron chi connectivity index (χ2n) is 5.06. The second-order valence-corrected chi connectivity index (χ2v) is 5.06. The predicted molar refractivity (Wildman–Crippen MR) is 79.3 cm³/mol. The first kappa shape index (κ1) is 13.6. The molecule has 0 spiro atoms. The van der Waals surface area contributed by atoms with E-state index in [1.807, 2.05) is 31.2 Å². The molecule has 0 heterocycles. The number of benzene rings is 2. The van der Waals surface area contributed by atoms with E-state index in [9.17, 15) is 0 Å². The summed E-state index contributed by atoms with van der Waals surface area (Å²) in [6.45, 7) is 6.81. The second kappa shape index (κ2) is 5.89. The fourth-order valence-electron chi connectivity index (χ4n) is 1.93. The van der Waals surface area contributed by atoms with Gasteiger partial charge in [-0.15, -0.1) is 0 Å². The van der Waals surface area contributed by atoms with E-state index in [0.29, 0.717) is 6.61 Å². The van der Waals surface area contributed by atoms with Gasteiger partial charge in [-0.2, -0.15) is 0 Å². The van der Waals surface area contributed by atoms with Crippen molar-refractivity contribution >= 4 is 0 Å². The van der Waals surface area contributed by atoms with Gasteiger partial charge in [-0.3, -0.25) is 0 Å². The molecule has 100 valence electrons. The van der Waals surface area contributed by atoms with Crippen molar-refractivity contribution in [2.45, 2.75) is 33.4 Å². The molecule has 2 heteroatoms. The molecule has 1 unspecified atom stereocenters. The molecule has 0 amide bonds. The van der Waals surface area contributed by atoms with Gasteiger partial charge in [-0.1, -0.05) is 30.3 Å². The summed E-state index contributed by atoms with van der Waals surface area (Å²) in [5, 5.41) is 0. The lowest BCUT2D eigenvalue weighted by atomic mass is 10.1. The molecule has 2 rings (SSSR count). The molecule has 0 radical (unpaired) electrons. The van der Waals surface area contributed by atoms with Gasteiger partial charge in [-0.05, 0) is 55.2 Å². The van der Waals surface area contributed by atoms with Crippen LogP contribution in [-0.2, 0) is 6.61 Å². The molecule has 0 aromatic heterocycles. The van der Waals surface area contributed by atoms with Crippen molar-refractivity contribution in [3.63, 3.8) is 0 Å². The van der Waals surface area contributed by atoms with E-state index in [-0.39, 0.29) is 6.04 Å². The van der Waals surface area contributed by atoms with Gasteiger partial charge in [0.2, 0.25) is 0 Å². The van der Waals surface area contributed by atoms with Crippen LogP contribution < -0.4 is 10.5 Å². The smallest absolute Gasteiger partial charge is 0.119 e. The molecule has 2 aromatic carbocycles. The lowest BCUT2D eigenvalue weighted by molar-refractivity contribution is 0.306. The summed E-state index contributed by atoms with van der Waals surface area (Å²) in [7, 11) is 0. The Labute approximate surface area is 115 Å². The molecule has 1 atom stereocenters. The SMILES string of the molecule is Cc1ccc(COc2ccc(C(C)N)cc2)cc1C. The molecule has 0 aliphatic carbocycles. The highest BCUT2D eigenvalue weighted by atomic mass is 16.5. The van der Waals surface area contributed by atoms with Crippen LogP contribution in [0.4, 0.5) is 0 Å². The highest BCUT2D eigenvalue weighted by molar-refractivity contribution is 5.31. The Morgan fingerprint density at radius 3 is 2.26 bits per heavy atom. The van der Waals surface area contributed by atoms with Gasteiger partial charge in [0.15, 0.2) is 0 Å². The van der Waals surface area contributed by atoms with Crippen LogP contribution in [0.1, 0.15) is 35.2 Å². The number of hydrogen-bond donors (Lipinski definition) is 1. The van der Waals surface area contributed by atoms with E-state index in [1.165, 1.54) is 16.7 Å². The summed E-state index contributed by atoms with van der Waals surface area (Å²) in [5.74, 6) is 0.877. The van der Waals surface area contributed by atoms with E-state index in [1.54, 1.807) is 0 Å². The molecule has 0 saturated heterocycles. The zero-order valence-corrected chi connectivity index (χ0v) is 11.8. The van der Waals surface area contributed by atoms with Crippen molar-refractivity contribution in [1.29, 1.82) is 0 Å². The minimum atomic E-state index is 0.0637. The fourth-order valence-corrected chi connectivity index (χ4v) is 1.93. The summed E-state index contributed by atoms with van der Waals surface area (Å²) < 4.78 is 5.78. The largest absolute Gasteiger partial charge is 0.489 e. The Morgan fingerprint density at radius 2 is 1.68 bits per heavy atom. The maximum Gasteiger partial charge on any atom is 0.119 e. The van der Waals surface area contributed by atoms with Gasteiger partial charge >= 0.3 is 0 Å². The van der Waals surface area contributed by atoms with Crippen molar-refractivity contribution in [2.75, 3.05) is 0 Å². The average Bonchev–Trinajstić information content (AvgIpc) is 2.40. The third-order valence-electron chi connectivity index (χ3n) is 3.38. The number of rotatable bonds is 4. The highest BCUT2D eigenvalue weighted by Crippen LogP contribution is 2.18. The lowest BCUT2D eigenvalue weighted by Crippen LogP contribution is -2.04. The average molecular weight is 255 g/mol. The zero-order valence-electron chi connectivity index (χ0n) is 11.8. The van der Waals surface area contributed by atoms with E-state index in [2.05, 4.69) is 32.0 Å². The molecule has 19 heavy (non-hydrogen) atoms. The van der Waals surface area contributed by atoms with Crippen LogP contribution in [0.5, 0.6) is 5.75 Å². The molecule has 0 fully saturated rings. The fraction of sp³-hybridized carbons (Fsp3) is 0.294. The van der Waals surface area contributed by atoms with Gasteiger partial charge in [0.25, 0.3) is 0 Å². The summed E-state index contributed by atoms with van der Waals surface area (Å²) in [4.78, 5) is 0. The first-order valence-electron chi connectivity index (χ1n) is 6.61. The Kier molecular flexibility index (Phi) is 4.23. The lowest BCUT2D eigenvalue weighted by Gasteiger charge is -2.10. The molecule has 0 aliphatic heterocycles. The number of nitrogens with two attached hydrogens (primary N) is 1. The highest BCUT2D eigenvalue weighted by Gasteiger charge is 2.01. The van der Waals surface area contributed by atoms with E-state index in [0.717, 1.165) is 11.3 Å². The van der Waals surface area contributed by atoms with Crippen molar-refractivity contribution in [2.24, 2.45) is 5.73 Å². The Bertz CT molecular complexity index is 544. The zero-order chi connectivity index (χ0) is 13.8. The molecule has 2 N–H and O–H groups in total. The molecular formula is C17H21NO. The van der Waals surface area contributed by atoms with Crippen molar-refractivity contribution in [3.8, 4) is 5.75 Å². The Hall–Kier alpha value is -1.80. The van der Waals surface area contributed by atoms with Gasteiger partial charge in [0.05, 0.1) is 0 Å². The number of ether oxygens (including phenoxy) is 1. The van der Waals surface area contributed by atoms with Gasteiger partial charge in [-0.25, -0.2) is 0 Å². The van der Waals surface area contributed by atoms with Crippen LogP contribution >= 0.6 is 0 Å². The summed E-state index contributed by atoms with van der Waals surface area (Å²) in [6.07, 6.45) is 0. The Morgan fingerprint density at radius 1 is 1.00 bits per heavy atom. The van der Waals surface area contributed by atoms with E-state index < -0.39 is 0 Å². The monoisotopic (exact) mass is 255 g/mol. The molecule has 2 aromatic rings. The van der Waals surface area contributed by atoms with Crippen LogP contribution in [0.15, 0.2) is 42.5 Å². The molecule has 0 bridgehead atoms. The number of hydrogen-bond acceptors (Lipinski definition) is 2. The van der Waals surface area contributed by atoms with Crippen LogP contribution in [0.2, 0.25) is 0 Å². The molecule has 2 nitrogen and oxygen atoms in total. The first-order valence-corrected chi connectivity index (χ1v) is 6.61. The maximum atomic E-state index is 5.82. The minimum Gasteiger partial charge on any atom is -0.489 e. The van der Waals surface area contributed by atoms with Gasteiger partial charge in [0.1, 0.15) is 12.4 Å². The van der Waals surface area contributed by atoms with Crippen LogP contribution in [-0.4, -0.2) is 0 Å². The third kappa shape index (κ3) is 3.58. The van der Waals surface area contributed by atoms with Gasteiger partial charge < -0.3 is 10.5 Å². The minimum absolute atomic E-state index is 0.0637. The van der Waals surface area contributed by atoms with E-state index >= 15 is 0 Å². The number of aryl methyl sites for hydroxylation is 2. The van der Waals surface area contributed by atoms with E-state index in [4.69, 9.17) is 10.5 Å². The third-order valence-corrected chi connectivity index (χ3v) is 3.38. The van der Waals surface area contributed by atoms with Crippen LogP contribution in [0, 0.1) is 13.8 Å². The molecular weight excluding hydrogens is 234 g/mol. The molecule has 0 saturated carbocycles. The van der Waals surface area contributed by atoms with Crippen molar-refractivity contribution < 1.29 is 4.74 Å². The van der Waals surface area contributed by atoms with Crippen molar-refractivity contribution in [3.05, 3.63) is 64.7 Å². The quantitative estimate of drug-likeness (QED) is 0.899. The first-order chi connectivity index (χ1) is 9.06. The Balaban J connectivity index is 2.00. The van der Waals surface area contributed by atoms with Gasteiger partial charge in [0, 0.05) is 6.04 Å². The summed E-state index contributed by atoms with van der Waals surface area (Å²) >= 11 is 0. The predicted octanol–water partition coefficient (Wildman–Crippen LogP) is 3.90. The topological polar surface area (TPSA) is 35.2 Å². The summed E-state index contributed by atoms with van der Waals surface area (Å²) in [6, 6.07) is 14.5. The maximum absolute atomic E-state index is 5.82. The summed E-state index contributed by atoms with van der Waals surface area (Å²) in [5.41, 5.74) is 10.7.